The summed E-state index contributed by atoms with van der Waals surface area (Å²) in [7, 11) is 0. The van der Waals surface area contributed by atoms with Gasteiger partial charge in [-0.15, -0.1) is 0 Å². The summed E-state index contributed by atoms with van der Waals surface area (Å²) >= 11 is 0. The van der Waals surface area contributed by atoms with Crippen molar-refractivity contribution in [3.63, 3.8) is 0 Å². The lowest BCUT2D eigenvalue weighted by Gasteiger charge is -2.40. The number of aliphatic hydroxyl groups is 2. The molecule has 2 heteroatoms. The van der Waals surface area contributed by atoms with Crippen LogP contribution in [0, 0.1) is 47.3 Å². The maximum atomic E-state index is 10.2. The third-order valence-electron chi connectivity index (χ3n) is 7.88. The van der Waals surface area contributed by atoms with Crippen LogP contribution in [-0.2, 0) is 0 Å². The second-order valence-electron chi connectivity index (χ2n) is 9.69. The van der Waals surface area contributed by atoms with Crippen LogP contribution in [0.2, 0.25) is 0 Å². The van der Waals surface area contributed by atoms with Crippen molar-refractivity contribution in [2.24, 2.45) is 47.3 Å². The van der Waals surface area contributed by atoms with Crippen molar-refractivity contribution >= 4 is 0 Å². The van der Waals surface area contributed by atoms with E-state index in [1.807, 2.05) is 0 Å². The fourth-order valence-corrected chi connectivity index (χ4v) is 6.46. The van der Waals surface area contributed by atoms with Gasteiger partial charge in [0.05, 0.1) is 12.2 Å². The molecule has 0 bridgehead atoms. The van der Waals surface area contributed by atoms with E-state index < -0.39 is 0 Å². The van der Waals surface area contributed by atoms with Gasteiger partial charge in [0.2, 0.25) is 0 Å². The van der Waals surface area contributed by atoms with Crippen molar-refractivity contribution in [1.82, 2.24) is 0 Å². The van der Waals surface area contributed by atoms with Gasteiger partial charge in [0, 0.05) is 0 Å². The predicted molar refractivity (Wildman–Crippen MR) is 94.9 cm³/mol. The quantitative estimate of drug-likeness (QED) is 0.786. The fraction of sp³-hybridized carbons (Fsp3) is 1.00. The van der Waals surface area contributed by atoms with Crippen molar-refractivity contribution in [2.75, 3.05) is 0 Å². The summed E-state index contributed by atoms with van der Waals surface area (Å²) in [4.78, 5) is 0. The van der Waals surface area contributed by atoms with E-state index in [2.05, 4.69) is 27.7 Å². The van der Waals surface area contributed by atoms with Gasteiger partial charge in [0.15, 0.2) is 0 Å². The summed E-state index contributed by atoms with van der Waals surface area (Å²) in [5, 5.41) is 20.4. The fourth-order valence-electron chi connectivity index (χ4n) is 6.46. The first-order valence-electron chi connectivity index (χ1n) is 10.2. The molecule has 0 aromatic carbocycles. The third-order valence-corrected chi connectivity index (χ3v) is 7.88. The molecule has 3 aliphatic rings. The Morgan fingerprint density at radius 3 is 1.09 bits per heavy atom. The maximum absolute atomic E-state index is 10.2. The smallest absolute Gasteiger partial charge is 0.0591 e. The van der Waals surface area contributed by atoms with Crippen molar-refractivity contribution in [2.45, 2.75) is 84.8 Å². The average molecular weight is 323 g/mol. The Labute approximate surface area is 143 Å². The maximum Gasteiger partial charge on any atom is 0.0591 e. The molecule has 0 saturated heterocycles. The van der Waals surface area contributed by atoms with E-state index in [1.165, 1.54) is 44.9 Å². The highest BCUT2D eigenvalue weighted by Crippen LogP contribution is 2.50. The van der Waals surface area contributed by atoms with Crippen LogP contribution in [0.5, 0.6) is 0 Å². The van der Waals surface area contributed by atoms with Gasteiger partial charge in [-0.1, -0.05) is 27.7 Å². The minimum absolute atomic E-state index is 0.0787. The van der Waals surface area contributed by atoms with Crippen LogP contribution in [-0.4, -0.2) is 22.4 Å². The molecule has 23 heavy (non-hydrogen) atoms. The van der Waals surface area contributed by atoms with Crippen LogP contribution in [0.1, 0.15) is 72.6 Å². The van der Waals surface area contributed by atoms with Gasteiger partial charge in [-0.05, 0) is 92.3 Å². The molecule has 0 spiro atoms. The van der Waals surface area contributed by atoms with E-state index >= 15 is 0 Å². The van der Waals surface area contributed by atoms with Gasteiger partial charge in [0.1, 0.15) is 0 Å². The Morgan fingerprint density at radius 1 is 0.478 bits per heavy atom. The number of aliphatic hydroxyl groups excluding tert-OH is 2. The van der Waals surface area contributed by atoms with Gasteiger partial charge in [-0.2, -0.15) is 0 Å². The minimum atomic E-state index is -0.0787. The lowest BCUT2D eigenvalue weighted by atomic mass is 9.67. The lowest BCUT2D eigenvalue weighted by Crippen LogP contribution is -2.37. The van der Waals surface area contributed by atoms with E-state index in [1.54, 1.807) is 0 Å². The molecule has 0 amide bonds. The molecule has 0 radical (unpaired) electrons. The topological polar surface area (TPSA) is 40.5 Å². The molecule has 0 heterocycles. The average Bonchev–Trinajstić information content (AvgIpc) is 2.99. The summed E-state index contributed by atoms with van der Waals surface area (Å²) < 4.78 is 0. The Morgan fingerprint density at radius 2 is 0.783 bits per heavy atom. The van der Waals surface area contributed by atoms with Crippen LogP contribution < -0.4 is 0 Å². The highest BCUT2D eigenvalue weighted by atomic mass is 16.3. The third kappa shape index (κ3) is 3.63. The van der Waals surface area contributed by atoms with E-state index in [0.717, 1.165) is 23.7 Å². The first kappa shape index (κ1) is 17.7. The van der Waals surface area contributed by atoms with Crippen molar-refractivity contribution in [3.05, 3.63) is 0 Å². The van der Waals surface area contributed by atoms with Crippen LogP contribution in [0.4, 0.5) is 0 Å². The Bertz CT molecular complexity index is 335. The monoisotopic (exact) mass is 322 g/mol. The van der Waals surface area contributed by atoms with E-state index in [4.69, 9.17) is 0 Å². The lowest BCUT2D eigenvalue weighted by molar-refractivity contribution is -0.00815. The van der Waals surface area contributed by atoms with Crippen molar-refractivity contribution in [3.8, 4) is 0 Å². The van der Waals surface area contributed by atoms with Gasteiger partial charge >= 0.3 is 0 Å². The standard InChI is InChI=1S/C21H38O2/c1-12-7-18(8-13(2)20(12)22)16-5-6-17(11-16)19-9-14(3)21(23)15(4)10-19/h12-23H,5-11H2,1-4H3. The molecule has 2 N–H and O–H groups in total. The molecule has 0 aromatic rings. The SMILES string of the molecule is CC1CC(C2CCC(C3CC(C)C(O)C(C)C3)C2)CC(C)C1O. The second kappa shape index (κ2) is 7.04. The molecule has 6 atom stereocenters. The van der Waals surface area contributed by atoms with E-state index in [0.29, 0.717) is 23.7 Å². The number of rotatable bonds is 2. The molecule has 3 aliphatic carbocycles. The summed E-state index contributed by atoms with van der Waals surface area (Å²) in [5.74, 6) is 5.40. The molecule has 3 fully saturated rings. The zero-order chi connectivity index (χ0) is 16.7. The van der Waals surface area contributed by atoms with Crippen LogP contribution in [0.25, 0.3) is 0 Å². The largest absolute Gasteiger partial charge is 0.393 e. The van der Waals surface area contributed by atoms with Gasteiger partial charge in [0.25, 0.3) is 0 Å². The normalized spacial score (nSPS) is 55.0. The Hall–Kier alpha value is -0.0800. The van der Waals surface area contributed by atoms with Gasteiger partial charge in [-0.25, -0.2) is 0 Å². The molecular formula is C21H38O2. The summed E-state index contributed by atoms with van der Waals surface area (Å²) in [6, 6.07) is 0. The summed E-state index contributed by atoms with van der Waals surface area (Å²) in [5.41, 5.74) is 0. The molecule has 134 valence electrons. The number of hydrogen-bond acceptors (Lipinski definition) is 2. The first-order chi connectivity index (χ1) is 10.9. The summed E-state index contributed by atoms with van der Waals surface area (Å²) in [6.07, 6.45) is 9.02. The van der Waals surface area contributed by atoms with Crippen LogP contribution in [0.3, 0.4) is 0 Å². The minimum Gasteiger partial charge on any atom is -0.393 e. The first-order valence-corrected chi connectivity index (χ1v) is 10.2. The Kier molecular flexibility index (Phi) is 5.43. The zero-order valence-electron chi connectivity index (χ0n) is 15.6. The van der Waals surface area contributed by atoms with Gasteiger partial charge in [-0.3, -0.25) is 0 Å². The molecule has 3 rings (SSSR count). The Balaban J connectivity index is 1.56. The van der Waals surface area contributed by atoms with E-state index in [-0.39, 0.29) is 12.2 Å². The molecular weight excluding hydrogens is 284 g/mol. The summed E-state index contributed by atoms with van der Waals surface area (Å²) in [6.45, 7) is 8.97. The predicted octanol–water partition coefficient (Wildman–Crippen LogP) is 4.49. The molecule has 3 saturated carbocycles. The highest BCUT2D eigenvalue weighted by molar-refractivity contribution is 4.92. The van der Waals surface area contributed by atoms with Crippen molar-refractivity contribution < 1.29 is 10.2 Å². The zero-order valence-corrected chi connectivity index (χ0v) is 15.6. The molecule has 0 aromatic heterocycles. The van der Waals surface area contributed by atoms with Crippen LogP contribution >= 0.6 is 0 Å². The number of hydrogen-bond donors (Lipinski definition) is 2. The van der Waals surface area contributed by atoms with Crippen LogP contribution in [0.15, 0.2) is 0 Å². The molecule has 2 nitrogen and oxygen atoms in total. The van der Waals surface area contributed by atoms with E-state index in [9.17, 15) is 10.2 Å². The molecule has 0 aliphatic heterocycles. The highest BCUT2D eigenvalue weighted by Gasteiger charge is 2.42. The second-order valence-corrected chi connectivity index (χ2v) is 9.69. The van der Waals surface area contributed by atoms with Crippen molar-refractivity contribution in [1.29, 1.82) is 0 Å². The van der Waals surface area contributed by atoms with Gasteiger partial charge < -0.3 is 10.2 Å². The molecule has 6 unspecified atom stereocenters.